The fraction of sp³-hybridized carbons (Fsp3) is 0.643. The zero-order chi connectivity index (χ0) is 16.9. The molecule has 9 heteroatoms. The van der Waals surface area contributed by atoms with E-state index >= 15 is 0 Å². The van der Waals surface area contributed by atoms with Crippen LogP contribution in [0.4, 0.5) is 0 Å². The van der Waals surface area contributed by atoms with Crippen LogP contribution in [0.5, 0.6) is 0 Å². The standard InChI is InChI=1S/C14H21N5O3S/c1-9-13-12(18(4)16-9)7-15-19(13)10(2)14(20)17(3)11-5-6-23(21,22)8-11/h7,10-11H,5-6,8H2,1-4H3/t10-,11-/m0/s1. The number of hydrogen-bond acceptors (Lipinski definition) is 5. The zero-order valence-corrected chi connectivity index (χ0v) is 14.5. The van der Waals surface area contributed by atoms with Gasteiger partial charge in [0.15, 0.2) is 9.84 Å². The minimum Gasteiger partial charge on any atom is -0.340 e. The van der Waals surface area contributed by atoms with Crippen molar-refractivity contribution in [1.29, 1.82) is 0 Å². The highest BCUT2D eigenvalue weighted by Crippen LogP contribution is 2.24. The SMILES string of the molecule is Cc1nn(C)c2cnn([C@@H](C)C(=O)N(C)[C@H]3CCS(=O)(=O)C3)c12. The van der Waals surface area contributed by atoms with Gasteiger partial charge in [-0.15, -0.1) is 0 Å². The highest BCUT2D eigenvalue weighted by molar-refractivity contribution is 7.91. The Morgan fingerprint density at radius 2 is 2.17 bits per heavy atom. The van der Waals surface area contributed by atoms with Crippen molar-refractivity contribution < 1.29 is 13.2 Å². The van der Waals surface area contributed by atoms with Gasteiger partial charge in [-0.2, -0.15) is 10.2 Å². The number of hydrogen-bond donors (Lipinski definition) is 0. The lowest BCUT2D eigenvalue weighted by Gasteiger charge is -2.26. The highest BCUT2D eigenvalue weighted by Gasteiger charge is 2.35. The Morgan fingerprint density at radius 1 is 1.48 bits per heavy atom. The fourth-order valence-electron chi connectivity index (χ4n) is 3.22. The average Bonchev–Trinajstić information content (AvgIpc) is 3.14. The quantitative estimate of drug-likeness (QED) is 0.801. The van der Waals surface area contributed by atoms with Crippen molar-refractivity contribution in [2.24, 2.45) is 7.05 Å². The van der Waals surface area contributed by atoms with Crippen molar-refractivity contribution in [2.75, 3.05) is 18.6 Å². The van der Waals surface area contributed by atoms with Crippen molar-refractivity contribution in [3.63, 3.8) is 0 Å². The maximum absolute atomic E-state index is 12.7. The van der Waals surface area contributed by atoms with E-state index in [1.54, 1.807) is 34.4 Å². The van der Waals surface area contributed by atoms with Crippen LogP contribution in [-0.2, 0) is 21.7 Å². The molecule has 2 aromatic heterocycles. The molecule has 1 aliphatic rings. The number of sulfone groups is 1. The maximum atomic E-state index is 12.7. The Balaban J connectivity index is 1.87. The van der Waals surface area contributed by atoms with Crippen LogP contribution in [0.1, 0.15) is 25.1 Å². The third-order valence-corrected chi connectivity index (χ3v) is 6.35. The van der Waals surface area contributed by atoms with E-state index in [0.717, 1.165) is 16.7 Å². The van der Waals surface area contributed by atoms with Gasteiger partial charge in [-0.1, -0.05) is 0 Å². The summed E-state index contributed by atoms with van der Waals surface area (Å²) in [6.07, 6.45) is 2.19. The Bertz CT molecular complexity index is 866. The molecule has 3 heterocycles. The summed E-state index contributed by atoms with van der Waals surface area (Å²) < 4.78 is 26.6. The predicted molar refractivity (Wildman–Crippen MR) is 85.8 cm³/mol. The molecular formula is C14H21N5O3S. The number of amides is 1. The van der Waals surface area contributed by atoms with Crippen molar-refractivity contribution in [2.45, 2.75) is 32.4 Å². The van der Waals surface area contributed by atoms with Crippen LogP contribution in [0.3, 0.4) is 0 Å². The molecule has 1 saturated heterocycles. The largest absolute Gasteiger partial charge is 0.340 e. The number of likely N-dealkylation sites (N-methyl/N-ethyl adjacent to an activating group) is 1. The molecule has 1 aliphatic heterocycles. The summed E-state index contributed by atoms with van der Waals surface area (Å²) in [5, 5.41) is 8.67. The second kappa shape index (κ2) is 5.33. The molecule has 8 nitrogen and oxygen atoms in total. The van der Waals surface area contributed by atoms with Crippen molar-refractivity contribution in [3.8, 4) is 0 Å². The number of aryl methyl sites for hydroxylation is 2. The van der Waals surface area contributed by atoms with Crippen LogP contribution in [0, 0.1) is 6.92 Å². The van der Waals surface area contributed by atoms with Crippen LogP contribution in [0.25, 0.3) is 11.0 Å². The van der Waals surface area contributed by atoms with Gasteiger partial charge in [0.1, 0.15) is 17.1 Å². The van der Waals surface area contributed by atoms with Gasteiger partial charge in [-0.25, -0.2) is 13.1 Å². The van der Waals surface area contributed by atoms with E-state index in [0.29, 0.717) is 6.42 Å². The number of rotatable bonds is 3. The van der Waals surface area contributed by atoms with Crippen LogP contribution in [-0.4, -0.2) is 63.4 Å². The fourth-order valence-corrected chi connectivity index (χ4v) is 5.00. The van der Waals surface area contributed by atoms with Gasteiger partial charge in [-0.3, -0.25) is 9.48 Å². The summed E-state index contributed by atoms with van der Waals surface area (Å²) in [7, 11) is 0.483. The molecule has 0 N–H and O–H groups in total. The van der Waals surface area contributed by atoms with Crippen molar-refractivity contribution in [1.82, 2.24) is 24.5 Å². The highest BCUT2D eigenvalue weighted by atomic mass is 32.2. The third kappa shape index (κ3) is 2.62. The first-order chi connectivity index (χ1) is 10.7. The lowest BCUT2D eigenvalue weighted by Crippen LogP contribution is -2.41. The van der Waals surface area contributed by atoms with E-state index in [-0.39, 0.29) is 23.5 Å². The summed E-state index contributed by atoms with van der Waals surface area (Å²) in [6, 6.07) is -0.764. The van der Waals surface area contributed by atoms with Gasteiger partial charge < -0.3 is 4.90 Å². The Labute approximate surface area is 135 Å². The molecule has 0 saturated carbocycles. The van der Waals surface area contributed by atoms with Crippen LogP contribution >= 0.6 is 0 Å². The molecule has 2 atom stereocenters. The smallest absolute Gasteiger partial charge is 0.247 e. The zero-order valence-electron chi connectivity index (χ0n) is 13.7. The molecule has 0 unspecified atom stereocenters. The Morgan fingerprint density at radius 3 is 2.78 bits per heavy atom. The van der Waals surface area contributed by atoms with Gasteiger partial charge in [0.25, 0.3) is 0 Å². The van der Waals surface area contributed by atoms with Gasteiger partial charge in [-0.05, 0) is 20.3 Å². The molecule has 1 amide bonds. The summed E-state index contributed by atoms with van der Waals surface area (Å²) in [4.78, 5) is 14.3. The number of aromatic nitrogens is 4. The second-order valence-corrected chi connectivity index (χ2v) is 8.44. The predicted octanol–water partition coefficient (Wildman–Crippen LogP) is 0.285. The molecule has 0 radical (unpaired) electrons. The first-order valence-corrected chi connectivity index (χ1v) is 9.37. The van der Waals surface area contributed by atoms with E-state index in [4.69, 9.17) is 0 Å². The van der Waals surface area contributed by atoms with Gasteiger partial charge in [0, 0.05) is 20.1 Å². The lowest BCUT2D eigenvalue weighted by molar-refractivity contribution is -0.134. The Hall–Kier alpha value is -1.90. The molecular weight excluding hydrogens is 318 g/mol. The van der Waals surface area contributed by atoms with E-state index in [9.17, 15) is 13.2 Å². The third-order valence-electron chi connectivity index (χ3n) is 4.60. The van der Waals surface area contributed by atoms with Gasteiger partial charge in [0.2, 0.25) is 5.91 Å². The molecule has 0 aromatic carbocycles. The normalized spacial score (nSPS) is 21.7. The lowest BCUT2D eigenvalue weighted by atomic mass is 10.2. The van der Waals surface area contributed by atoms with Gasteiger partial charge >= 0.3 is 0 Å². The molecule has 0 spiro atoms. The monoisotopic (exact) mass is 339 g/mol. The molecule has 3 rings (SSSR count). The van der Waals surface area contributed by atoms with Gasteiger partial charge in [0.05, 0.1) is 23.4 Å². The van der Waals surface area contributed by atoms with E-state index < -0.39 is 15.9 Å². The first-order valence-electron chi connectivity index (χ1n) is 7.55. The molecule has 0 aliphatic carbocycles. The molecule has 1 fully saturated rings. The molecule has 23 heavy (non-hydrogen) atoms. The molecule has 126 valence electrons. The van der Waals surface area contributed by atoms with Crippen LogP contribution < -0.4 is 0 Å². The van der Waals surface area contributed by atoms with Crippen molar-refractivity contribution >= 4 is 26.8 Å². The average molecular weight is 339 g/mol. The number of carbonyl (C=O) groups is 1. The Kier molecular flexibility index (Phi) is 3.70. The minimum atomic E-state index is -3.02. The summed E-state index contributed by atoms with van der Waals surface area (Å²) in [5.74, 6) is 0.0557. The maximum Gasteiger partial charge on any atom is 0.247 e. The number of carbonyl (C=O) groups excluding carboxylic acids is 1. The topological polar surface area (TPSA) is 90.1 Å². The summed E-state index contributed by atoms with van der Waals surface area (Å²) >= 11 is 0. The minimum absolute atomic E-state index is 0.0440. The summed E-state index contributed by atoms with van der Waals surface area (Å²) in [5.41, 5.74) is 2.51. The number of nitrogens with zero attached hydrogens (tertiary/aromatic N) is 5. The van der Waals surface area contributed by atoms with E-state index in [1.807, 2.05) is 14.0 Å². The van der Waals surface area contributed by atoms with Crippen LogP contribution in [0.15, 0.2) is 6.20 Å². The molecule has 0 bridgehead atoms. The second-order valence-electron chi connectivity index (χ2n) is 6.21. The van der Waals surface area contributed by atoms with E-state index in [1.165, 1.54) is 0 Å². The van der Waals surface area contributed by atoms with Crippen molar-refractivity contribution in [3.05, 3.63) is 11.9 Å². The van der Waals surface area contributed by atoms with E-state index in [2.05, 4.69) is 10.2 Å². The first kappa shape index (κ1) is 16.0. The number of fused-ring (bicyclic) bond motifs is 1. The summed E-state index contributed by atoms with van der Waals surface area (Å²) in [6.45, 7) is 3.66. The van der Waals surface area contributed by atoms with Crippen LogP contribution in [0.2, 0.25) is 0 Å². The molecule has 2 aromatic rings.